The summed E-state index contributed by atoms with van der Waals surface area (Å²) in [6.45, 7) is 0.942. The molecule has 0 aliphatic carbocycles. The number of hydrogen-bond donors (Lipinski definition) is 1. The first-order valence-electron chi connectivity index (χ1n) is 6.47. The van der Waals surface area contributed by atoms with E-state index >= 15 is 0 Å². The molecule has 1 aromatic rings. The lowest BCUT2D eigenvalue weighted by Gasteiger charge is -2.20. The molecular weight excluding hydrogens is 282 g/mol. The monoisotopic (exact) mass is 299 g/mol. The number of nitro groups is 1. The highest BCUT2D eigenvalue weighted by Crippen LogP contribution is 2.27. The first-order valence-corrected chi connectivity index (χ1v) is 7.91. The fourth-order valence-corrected chi connectivity index (χ4v) is 3.92. The van der Waals surface area contributed by atoms with Crippen LogP contribution in [0.2, 0.25) is 0 Å². The number of nitrogen functional groups attached to an aromatic ring is 1. The molecule has 1 aliphatic heterocycles. The first kappa shape index (κ1) is 14.7. The van der Waals surface area contributed by atoms with Gasteiger partial charge in [0.05, 0.1) is 10.6 Å². The number of nitrogens with zero attached hydrogens (tertiary/aromatic N) is 2. The fourth-order valence-electron chi connectivity index (χ4n) is 2.31. The number of non-ortho nitro benzene ring substituents is 1. The zero-order valence-electron chi connectivity index (χ0n) is 11.0. The molecule has 1 fully saturated rings. The van der Waals surface area contributed by atoms with E-state index in [4.69, 9.17) is 5.73 Å². The van der Waals surface area contributed by atoms with Gasteiger partial charge in [-0.15, -0.1) is 0 Å². The van der Waals surface area contributed by atoms with Crippen LogP contribution in [0.15, 0.2) is 23.1 Å². The van der Waals surface area contributed by atoms with Crippen LogP contribution >= 0.6 is 0 Å². The van der Waals surface area contributed by atoms with Gasteiger partial charge in [0.1, 0.15) is 4.90 Å². The highest BCUT2D eigenvalue weighted by atomic mass is 32.2. The molecule has 1 saturated heterocycles. The molecule has 1 aliphatic rings. The topological polar surface area (TPSA) is 107 Å². The molecule has 2 N–H and O–H groups in total. The van der Waals surface area contributed by atoms with Crippen molar-refractivity contribution in [1.29, 1.82) is 0 Å². The zero-order valence-corrected chi connectivity index (χ0v) is 11.8. The van der Waals surface area contributed by atoms with Gasteiger partial charge < -0.3 is 5.73 Å². The SMILES string of the molecule is Nc1cc([N+](=O)[O-])ccc1S(=O)(=O)N1CCCCCC1. The number of hydrogen-bond acceptors (Lipinski definition) is 5. The molecule has 0 unspecified atom stereocenters. The van der Waals surface area contributed by atoms with E-state index in [2.05, 4.69) is 0 Å². The second kappa shape index (κ2) is 5.76. The standard InChI is InChI=1S/C12H17N3O4S/c13-11-9-10(15(16)17)5-6-12(11)20(18,19)14-7-3-1-2-4-8-14/h5-6,9H,1-4,7-8,13H2. The Kier molecular flexibility index (Phi) is 4.24. The van der Waals surface area contributed by atoms with Gasteiger partial charge in [0, 0.05) is 25.2 Å². The van der Waals surface area contributed by atoms with Crippen LogP contribution in [0.4, 0.5) is 11.4 Å². The Labute approximate surface area is 117 Å². The molecule has 0 amide bonds. The van der Waals surface area contributed by atoms with Gasteiger partial charge in [-0.25, -0.2) is 8.42 Å². The van der Waals surface area contributed by atoms with Crippen LogP contribution < -0.4 is 5.73 Å². The van der Waals surface area contributed by atoms with Crippen molar-refractivity contribution in [3.05, 3.63) is 28.3 Å². The van der Waals surface area contributed by atoms with E-state index in [1.165, 1.54) is 16.4 Å². The predicted molar refractivity (Wildman–Crippen MR) is 74.7 cm³/mol. The minimum absolute atomic E-state index is 0.0509. The second-order valence-electron chi connectivity index (χ2n) is 4.80. The second-order valence-corrected chi connectivity index (χ2v) is 6.70. The van der Waals surface area contributed by atoms with Crippen molar-refractivity contribution in [3.8, 4) is 0 Å². The quantitative estimate of drug-likeness (QED) is 0.519. The minimum atomic E-state index is -3.67. The van der Waals surface area contributed by atoms with Gasteiger partial charge in [0.25, 0.3) is 5.69 Å². The molecule has 110 valence electrons. The molecule has 0 radical (unpaired) electrons. The third-order valence-electron chi connectivity index (χ3n) is 3.39. The zero-order chi connectivity index (χ0) is 14.8. The molecule has 8 heteroatoms. The molecule has 1 aromatic carbocycles. The third-order valence-corrected chi connectivity index (χ3v) is 5.36. The number of anilines is 1. The summed E-state index contributed by atoms with van der Waals surface area (Å²) < 4.78 is 26.5. The summed E-state index contributed by atoms with van der Waals surface area (Å²) in [7, 11) is -3.67. The molecular formula is C12H17N3O4S. The van der Waals surface area contributed by atoms with Crippen LogP contribution in [0.3, 0.4) is 0 Å². The Hall–Kier alpha value is -1.67. The molecule has 7 nitrogen and oxygen atoms in total. The highest BCUT2D eigenvalue weighted by Gasteiger charge is 2.27. The number of sulfonamides is 1. The van der Waals surface area contributed by atoms with Gasteiger partial charge in [-0.2, -0.15) is 4.31 Å². The number of rotatable bonds is 3. The van der Waals surface area contributed by atoms with Crippen molar-refractivity contribution < 1.29 is 13.3 Å². The van der Waals surface area contributed by atoms with E-state index in [1.807, 2.05) is 0 Å². The van der Waals surface area contributed by atoms with Crippen LogP contribution in [0.25, 0.3) is 0 Å². The maximum Gasteiger partial charge on any atom is 0.271 e. The van der Waals surface area contributed by atoms with Gasteiger partial charge in [0.2, 0.25) is 10.0 Å². The smallest absolute Gasteiger partial charge is 0.271 e. The van der Waals surface area contributed by atoms with E-state index in [1.54, 1.807) is 0 Å². The molecule has 20 heavy (non-hydrogen) atoms. The lowest BCUT2D eigenvalue weighted by molar-refractivity contribution is -0.384. The van der Waals surface area contributed by atoms with E-state index in [-0.39, 0.29) is 16.3 Å². The maximum atomic E-state index is 12.5. The summed E-state index contributed by atoms with van der Waals surface area (Å²) in [6, 6.07) is 3.47. The molecule has 2 rings (SSSR count). The van der Waals surface area contributed by atoms with Gasteiger partial charge in [-0.1, -0.05) is 12.8 Å². The average Bonchev–Trinajstić information content (AvgIpc) is 2.67. The van der Waals surface area contributed by atoms with Crippen molar-refractivity contribution in [2.75, 3.05) is 18.8 Å². The van der Waals surface area contributed by atoms with Crippen LogP contribution in [-0.2, 0) is 10.0 Å². The maximum absolute atomic E-state index is 12.5. The normalized spacial score (nSPS) is 17.6. The van der Waals surface area contributed by atoms with Crippen LogP contribution in [0, 0.1) is 10.1 Å². The Morgan fingerprint density at radius 2 is 1.75 bits per heavy atom. The Balaban J connectivity index is 2.36. The summed E-state index contributed by atoms with van der Waals surface area (Å²) in [5.41, 5.74) is 5.39. The number of nitrogens with two attached hydrogens (primary N) is 1. The lowest BCUT2D eigenvalue weighted by atomic mass is 10.2. The average molecular weight is 299 g/mol. The fraction of sp³-hybridized carbons (Fsp3) is 0.500. The van der Waals surface area contributed by atoms with Crippen LogP contribution in [0.1, 0.15) is 25.7 Å². The Morgan fingerprint density at radius 1 is 1.15 bits per heavy atom. The number of benzene rings is 1. The number of nitro benzene ring substituents is 1. The molecule has 0 aromatic heterocycles. The van der Waals surface area contributed by atoms with Crippen molar-refractivity contribution in [2.24, 2.45) is 0 Å². The molecule has 1 heterocycles. The summed E-state index contributed by atoms with van der Waals surface area (Å²) in [6.07, 6.45) is 3.68. The Bertz CT molecular complexity index is 607. The lowest BCUT2D eigenvalue weighted by Crippen LogP contribution is -2.32. The van der Waals surface area contributed by atoms with Crippen LogP contribution in [-0.4, -0.2) is 30.7 Å². The van der Waals surface area contributed by atoms with Gasteiger partial charge in [-0.3, -0.25) is 10.1 Å². The molecule has 0 atom stereocenters. The van der Waals surface area contributed by atoms with Crippen molar-refractivity contribution in [3.63, 3.8) is 0 Å². The van der Waals surface area contributed by atoms with E-state index in [9.17, 15) is 18.5 Å². The van der Waals surface area contributed by atoms with E-state index in [0.29, 0.717) is 13.1 Å². The summed E-state index contributed by atoms with van der Waals surface area (Å²) in [5.74, 6) is 0. The van der Waals surface area contributed by atoms with Gasteiger partial charge >= 0.3 is 0 Å². The largest absolute Gasteiger partial charge is 0.397 e. The third kappa shape index (κ3) is 2.91. The summed E-state index contributed by atoms with van der Waals surface area (Å²) in [5, 5.41) is 10.7. The van der Waals surface area contributed by atoms with Gasteiger partial charge in [0.15, 0.2) is 0 Å². The van der Waals surface area contributed by atoms with E-state index < -0.39 is 14.9 Å². The van der Waals surface area contributed by atoms with E-state index in [0.717, 1.165) is 31.7 Å². The summed E-state index contributed by atoms with van der Waals surface area (Å²) in [4.78, 5) is 10.0. The summed E-state index contributed by atoms with van der Waals surface area (Å²) >= 11 is 0. The molecule has 0 saturated carbocycles. The van der Waals surface area contributed by atoms with Crippen molar-refractivity contribution >= 4 is 21.4 Å². The molecule has 0 spiro atoms. The first-order chi connectivity index (χ1) is 9.43. The molecule has 0 bridgehead atoms. The highest BCUT2D eigenvalue weighted by molar-refractivity contribution is 7.89. The van der Waals surface area contributed by atoms with Gasteiger partial charge in [-0.05, 0) is 18.9 Å². The van der Waals surface area contributed by atoms with Crippen LogP contribution in [0.5, 0.6) is 0 Å². The minimum Gasteiger partial charge on any atom is -0.397 e. The Morgan fingerprint density at radius 3 is 2.25 bits per heavy atom. The van der Waals surface area contributed by atoms with Crippen molar-refractivity contribution in [1.82, 2.24) is 4.31 Å². The van der Waals surface area contributed by atoms with Crippen molar-refractivity contribution in [2.45, 2.75) is 30.6 Å². The predicted octanol–water partition coefficient (Wildman–Crippen LogP) is 1.74.